The normalized spacial score (nSPS) is 29.5. The smallest absolute Gasteiger partial charge is 0.317 e. The van der Waals surface area contributed by atoms with Gasteiger partial charge < -0.3 is 28.8 Å². The Morgan fingerprint density at radius 3 is 2.72 bits per heavy atom. The van der Waals surface area contributed by atoms with E-state index in [1.54, 1.807) is 20.8 Å². The predicted octanol–water partition coefficient (Wildman–Crippen LogP) is 2.05. The highest BCUT2D eigenvalue weighted by atomic mass is 16.8. The molecule has 0 bridgehead atoms. The van der Waals surface area contributed by atoms with E-state index < -0.39 is 48.5 Å². The molecule has 10 heteroatoms. The van der Waals surface area contributed by atoms with Crippen molar-refractivity contribution in [1.82, 2.24) is 0 Å². The molecule has 0 amide bonds. The number of azide groups is 1. The van der Waals surface area contributed by atoms with Gasteiger partial charge in [-0.2, -0.15) is 0 Å². The van der Waals surface area contributed by atoms with Gasteiger partial charge in [-0.1, -0.05) is 35.4 Å². The van der Waals surface area contributed by atoms with E-state index in [1.807, 2.05) is 30.3 Å². The standard InChI is InChI=1S/C19H25N3O7/c1-4-25-17(24)12(21-22-20)13(23)14-15(26-10-11-8-6-5-7-9-11)16-18(27-14)29-19(2,3)28-16/h5-9,12-16,18,23H,4,10H2,1-3H3/t12-,13+,14-,15+,16-,18-/m1/s1. The van der Waals surface area contributed by atoms with E-state index in [2.05, 4.69) is 10.0 Å². The van der Waals surface area contributed by atoms with Crippen molar-refractivity contribution in [2.75, 3.05) is 6.61 Å². The summed E-state index contributed by atoms with van der Waals surface area (Å²) < 4.78 is 28.4. The number of nitrogens with zero attached hydrogens (tertiary/aromatic N) is 3. The minimum Gasteiger partial charge on any atom is -0.466 e. The third-order valence-electron chi connectivity index (χ3n) is 4.68. The summed E-state index contributed by atoms with van der Waals surface area (Å²) in [6, 6.07) is 7.97. The summed E-state index contributed by atoms with van der Waals surface area (Å²) in [5, 5.41) is 14.2. The van der Waals surface area contributed by atoms with Gasteiger partial charge in [-0.25, -0.2) is 0 Å². The second-order valence-corrected chi connectivity index (χ2v) is 7.22. The van der Waals surface area contributed by atoms with Gasteiger partial charge in [-0.05, 0) is 31.9 Å². The number of ether oxygens (including phenoxy) is 5. The van der Waals surface area contributed by atoms with Gasteiger partial charge in [0.15, 0.2) is 18.1 Å². The number of carbonyl (C=O) groups is 1. The average Bonchev–Trinajstić information content (AvgIpc) is 3.16. The van der Waals surface area contributed by atoms with Crippen molar-refractivity contribution >= 4 is 5.97 Å². The molecule has 2 heterocycles. The van der Waals surface area contributed by atoms with Crippen LogP contribution < -0.4 is 0 Å². The van der Waals surface area contributed by atoms with Crippen LogP contribution in [0, 0.1) is 0 Å². The van der Waals surface area contributed by atoms with Gasteiger partial charge in [0.05, 0.1) is 13.2 Å². The molecule has 10 nitrogen and oxygen atoms in total. The molecule has 1 aromatic rings. The van der Waals surface area contributed by atoms with Crippen molar-refractivity contribution in [3.63, 3.8) is 0 Å². The molecule has 0 unspecified atom stereocenters. The minimum atomic E-state index is -1.51. The van der Waals surface area contributed by atoms with Crippen LogP contribution in [0.15, 0.2) is 35.4 Å². The van der Waals surface area contributed by atoms with E-state index in [0.29, 0.717) is 0 Å². The maximum absolute atomic E-state index is 12.2. The predicted molar refractivity (Wildman–Crippen MR) is 99.3 cm³/mol. The topological polar surface area (TPSA) is 132 Å². The molecule has 2 aliphatic rings. The monoisotopic (exact) mass is 407 g/mol. The Kier molecular flexibility index (Phi) is 6.74. The first-order chi connectivity index (χ1) is 13.9. The zero-order valence-electron chi connectivity index (χ0n) is 16.5. The number of aliphatic hydroxyl groups excluding tert-OH is 1. The van der Waals surface area contributed by atoms with Crippen LogP contribution >= 0.6 is 0 Å². The fraction of sp³-hybridized carbons (Fsp3) is 0.632. The van der Waals surface area contributed by atoms with Crippen LogP contribution in [-0.4, -0.2) is 60.2 Å². The van der Waals surface area contributed by atoms with E-state index in [9.17, 15) is 9.90 Å². The maximum Gasteiger partial charge on any atom is 0.317 e. The number of fused-ring (bicyclic) bond motifs is 1. The second kappa shape index (κ2) is 9.08. The number of benzene rings is 1. The summed E-state index contributed by atoms with van der Waals surface area (Å²) in [6.07, 6.45) is -4.71. The molecule has 0 saturated carbocycles. The van der Waals surface area contributed by atoms with Crippen LogP contribution in [-0.2, 0) is 35.1 Å². The molecular formula is C19H25N3O7. The molecule has 0 spiro atoms. The second-order valence-electron chi connectivity index (χ2n) is 7.22. The van der Waals surface area contributed by atoms with Gasteiger partial charge in [0.1, 0.15) is 24.4 Å². The summed E-state index contributed by atoms with van der Waals surface area (Å²) in [4.78, 5) is 14.8. The molecule has 0 aromatic heterocycles. The fourth-order valence-electron chi connectivity index (χ4n) is 3.45. The van der Waals surface area contributed by atoms with E-state index in [0.717, 1.165) is 5.56 Å². The largest absolute Gasteiger partial charge is 0.466 e. The molecule has 158 valence electrons. The van der Waals surface area contributed by atoms with Gasteiger partial charge in [0, 0.05) is 4.91 Å². The Balaban J connectivity index is 1.80. The summed E-state index contributed by atoms with van der Waals surface area (Å²) in [7, 11) is 0. The zero-order valence-corrected chi connectivity index (χ0v) is 16.5. The molecule has 2 aliphatic heterocycles. The Morgan fingerprint density at radius 1 is 1.34 bits per heavy atom. The van der Waals surface area contributed by atoms with Crippen LogP contribution in [0.1, 0.15) is 26.3 Å². The van der Waals surface area contributed by atoms with Crippen LogP contribution in [0.2, 0.25) is 0 Å². The van der Waals surface area contributed by atoms with Gasteiger partial charge >= 0.3 is 5.97 Å². The van der Waals surface area contributed by atoms with E-state index in [4.69, 9.17) is 29.2 Å². The Morgan fingerprint density at radius 2 is 2.07 bits per heavy atom. The lowest BCUT2D eigenvalue weighted by atomic mass is 10.00. The summed E-state index contributed by atoms with van der Waals surface area (Å²) in [6.45, 7) is 5.42. The number of esters is 1. The third-order valence-corrected chi connectivity index (χ3v) is 4.68. The Bertz CT molecular complexity index is 753. The number of rotatable bonds is 8. The lowest BCUT2D eigenvalue weighted by molar-refractivity contribution is -0.232. The Hall–Kier alpha value is -2.20. The Labute approximate surface area is 168 Å². The lowest BCUT2D eigenvalue weighted by Gasteiger charge is -2.30. The van der Waals surface area contributed by atoms with Crippen LogP contribution in [0.25, 0.3) is 10.4 Å². The highest BCUT2D eigenvalue weighted by Gasteiger charge is 2.58. The van der Waals surface area contributed by atoms with Gasteiger partial charge in [0.25, 0.3) is 0 Å². The van der Waals surface area contributed by atoms with Crippen LogP contribution in [0.5, 0.6) is 0 Å². The molecule has 1 N–H and O–H groups in total. The average molecular weight is 407 g/mol. The van der Waals surface area contributed by atoms with Crippen molar-refractivity contribution < 1.29 is 33.6 Å². The molecule has 2 fully saturated rings. The first-order valence-corrected chi connectivity index (χ1v) is 9.42. The molecule has 29 heavy (non-hydrogen) atoms. The molecule has 2 saturated heterocycles. The molecule has 0 radical (unpaired) electrons. The van der Waals surface area contributed by atoms with Crippen molar-refractivity contribution in [1.29, 1.82) is 0 Å². The summed E-state index contributed by atoms with van der Waals surface area (Å²) >= 11 is 0. The summed E-state index contributed by atoms with van der Waals surface area (Å²) in [5.41, 5.74) is 9.73. The first kappa shape index (κ1) is 21.5. The van der Waals surface area contributed by atoms with E-state index in [-0.39, 0.29) is 13.2 Å². The van der Waals surface area contributed by atoms with E-state index in [1.165, 1.54) is 0 Å². The quantitative estimate of drug-likeness (QED) is 0.302. The molecule has 3 rings (SSSR count). The minimum absolute atomic E-state index is 0.0775. The van der Waals surface area contributed by atoms with Crippen molar-refractivity contribution in [3.8, 4) is 0 Å². The van der Waals surface area contributed by atoms with Crippen LogP contribution in [0.3, 0.4) is 0 Å². The first-order valence-electron chi connectivity index (χ1n) is 9.42. The number of hydrogen-bond acceptors (Lipinski definition) is 8. The highest BCUT2D eigenvalue weighted by Crippen LogP contribution is 2.40. The van der Waals surface area contributed by atoms with Crippen molar-refractivity contribution in [2.45, 2.75) is 69.9 Å². The fourth-order valence-corrected chi connectivity index (χ4v) is 3.45. The number of hydrogen-bond donors (Lipinski definition) is 1. The van der Waals surface area contributed by atoms with Crippen LogP contribution in [0.4, 0.5) is 0 Å². The highest BCUT2D eigenvalue weighted by molar-refractivity contribution is 5.76. The molecule has 1 aromatic carbocycles. The SMILES string of the molecule is CCOC(=O)[C@H](N=[N+]=[N-])[C@H](O)[C@H]1O[C@@H]2OC(C)(C)O[C@@H]2[C@H]1OCc1ccccc1. The molecule has 0 aliphatic carbocycles. The van der Waals surface area contributed by atoms with Crippen molar-refractivity contribution in [2.24, 2.45) is 5.11 Å². The van der Waals surface area contributed by atoms with Gasteiger partial charge in [0.2, 0.25) is 0 Å². The maximum atomic E-state index is 12.2. The third kappa shape index (κ3) is 4.87. The molecular weight excluding hydrogens is 382 g/mol. The number of carbonyl (C=O) groups excluding carboxylic acids is 1. The van der Waals surface area contributed by atoms with Gasteiger partial charge in [-0.15, -0.1) is 0 Å². The summed E-state index contributed by atoms with van der Waals surface area (Å²) in [5.74, 6) is -1.73. The zero-order chi connectivity index (χ0) is 21.0. The molecule has 6 atom stereocenters. The lowest BCUT2D eigenvalue weighted by Crippen LogP contribution is -2.49. The number of aliphatic hydroxyl groups is 1. The van der Waals surface area contributed by atoms with E-state index >= 15 is 0 Å². The van der Waals surface area contributed by atoms with Gasteiger partial charge in [-0.3, -0.25) is 4.79 Å². The van der Waals surface area contributed by atoms with Crippen molar-refractivity contribution in [3.05, 3.63) is 46.3 Å².